The number of aryl methyl sites for hydroxylation is 1. The van der Waals surface area contributed by atoms with E-state index in [0.717, 1.165) is 19.4 Å². The van der Waals surface area contributed by atoms with E-state index in [-0.39, 0.29) is 12.0 Å². The molecule has 2 heterocycles. The van der Waals surface area contributed by atoms with Crippen LogP contribution in [-0.2, 0) is 6.54 Å². The molecule has 4 nitrogen and oxygen atoms in total. The van der Waals surface area contributed by atoms with E-state index in [4.69, 9.17) is 11.6 Å². The molecule has 0 radical (unpaired) electrons. The third-order valence-electron chi connectivity index (χ3n) is 3.93. The number of nitrogens with zero attached hydrogens (tertiary/aromatic N) is 2. The Labute approximate surface area is 119 Å². The number of likely N-dealkylation sites (tertiary alicyclic amines) is 1. The van der Waals surface area contributed by atoms with E-state index in [2.05, 4.69) is 0 Å². The van der Waals surface area contributed by atoms with Gasteiger partial charge in [-0.2, -0.15) is 0 Å². The van der Waals surface area contributed by atoms with Gasteiger partial charge in [-0.3, -0.25) is 4.79 Å². The number of carbonyl (C=O) groups is 1. The fourth-order valence-corrected chi connectivity index (χ4v) is 2.88. The lowest BCUT2D eigenvalue weighted by Crippen LogP contribution is -2.41. The van der Waals surface area contributed by atoms with Crippen LogP contribution in [0, 0.1) is 5.92 Å². The molecule has 1 saturated heterocycles. The van der Waals surface area contributed by atoms with E-state index in [1.165, 1.54) is 0 Å². The minimum Gasteiger partial charge on any atom is -0.393 e. The van der Waals surface area contributed by atoms with Crippen LogP contribution in [0.15, 0.2) is 12.3 Å². The molecule has 0 bridgehead atoms. The molecule has 0 spiro atoms. The highest BCUT2D eigenvalue weighted by molar-refractivity contribution is 6.31. The van der Waals surface area contributed by atoms with Gasteiger partial charge in [-0.15, -0.1) is 0 Å². The lowest BCUT2D eigenvalue weighted by Gasteiger charge is -2.33. The zero-order chi connectivity index (χ0) is 14.0. The quantitative estimate of drug-likeness (QED) is 0.926. The molecule has 1 aromatic rings. The molecule has 1 amide bonds. The van der Waals surface area contributed by atoms with Crippen LogP contribution >= 0.6 is 11.6 Å². The summed E-state index contributed by atoms with van der Waals surface area (Å²) in [6, 6.07) is 1.73. The maximum atomic E-state index is 12.5. The lowest BCUT2D eigenvalue weighted by molar-refractivity contribution is 0.0513. The van der Waals surface area contributed by atoms with Crippen molar-refractivity contribution in [2.45, 2.75) is 39.3 Å². The molecule has 1 atom stereocenters. The molecular formula is C14H21ClN2O2. The van der Waals surface area contributed by atoms with Gasteiger partial charge in [0.1, 0.15) is 5.69 Å². The molecule has 0 saturated carbocycles. The standard InChI is InChI=1S/C14H21ClN2O2/c1-3-16-9-12(15)8-13(16)14(19)17-6-4-11(5-7-17)10(2)18/h8-11,18H,3-7H2,1-2H3. The Kier molecular flexibility index (Phi) is 4.53. The number of carbonyl (C=O) groups excluding carboxylic acids is 1. The number of aromatic nitrogens is 1. The van der Waals surface area contributed by atoms with E-state index in [1.54, 1.807) is 12.3 Å². The van der Waals surface area contributed by atoms with E-state index < -0.39 is 0 Å². The Bertz CT molecular complexity index is 448. The van der Waals surface area contributed by atoms with Crippen molar-refractivity contribution in [2.75, 3.05) is 13.1 Å². The van der Waals surface area contributed by atoms with Gasteiger partial charge in [0.2, 0.25) is 0 Å². The molecule has 1 aliphatic rings. The Balaban J connectivity index is 2.05. The van der Waals surface area contributed by atoms with Crippen LogP contribution in [0.5, 0.6) is 0 Å². The highest BCUT2D eigenvalue weighted by Crippen LogP contribution is 2.23. The first-order chi connectivity index (χ1) is 9.02. The van der Waals surface area contributed by atoms with Crippen molar-refractivity contribution in [3.8, 4) is 0 Å². The normalized spacial score (nSPS) is 18.6. The lowest BCUT2D eigenvalue weighted by atomic mass is 9.92. The summed E-state index contributed by atoms with van der Waals surface area (Å²) in [5.41, 5.74) is 0.656. The van der Waals surface area contributed by atoms with Crippen molar-refractivity contribution in [1.82, 2.24) is 9.47 Å². The molecule has 1 fully saturated rings. The number of amides is 1. The van der Waals surface area contributed by atoms with Gasteiger partial charge in [-0.25, -0.2) is 0 Å². The van der Waals surface area contributed by atoms with Gasteiger partial charge in [0, 0.05) is 25.8 Å². The minimum absolute atomic E-state index is 0.0396. The maximum Gasteiger partial charge on any atom is 0.270 e. The second-order valence-electron chi connectivity index (χ2n) is 5.20. The Morgan fingerprint density at radius 2 is 2.16 bits per heavy atom. The summed E-state index contributed by atoms with van der Waals surface area (Å²) in [5.74, 6) is 0.350. The first-order valence-corrected chi connectivity index (χ1v) is 7.23. The van der Waals surface area contributed by atoms with Gasteiger partial charge >= 0.3 is 0 Å². The second-order valence-corrected chi connectivity index (χ2v) is 5.64. The minimum atomic E-state index is -0.286. The Hall–Kier alpha value is -1.00. The van der Waals surface area contributed by atoms with E-state index >= 15 is 0 Å². The van der Waals surface area contributed by atoms with Crippen molar-refractivity contribution < 1.29 is 9.90 Å². The molecule has 1 N–H and O–H groups in total. The molecule has 0 aromatic carbocycles. The molecular weight excluding hydrogens is 264 g/mol. The highest BCUT2D eigenvalue weighted by atomic mass is 35.5. The topological polar surface area (TPSA) is 45.5 Å². The first-order valence-electron chi connectivity index (χ1n) is 6.86. The highest BCUT2D eigenvalue weighted by Gasteiger charge is 2.27. The number of hydrogen-bond acceptors (Lipinski definition) is 2. The molecule has 1 unspecified atom stereocenters. The van der Waals surface area contributed by atoms with Crippen LogP contribution in [0.4, 0.5) is 0 Å². The van der Waals surface area contributed by atoms with Gasteiger partial charge in [-0.05, 0) is 38.7 Å². The van der Waals surface area contributed by atoms with Crippen LogP contribution in [-0.4, -0.2) is 39.7 Å². The third-order valence-corrected chi connectivity index (χ3v) is 4.14. The van der Waals surface area contributed by atoms with Crippen LogP contribution in [0.3, 0.4) is 0 Å². The number of halogens is 1. The summed E-state index contributed by atoms with van der Waals surface area (Å²) >= 11 is 5.97. The van der Waals surface area contributed by atoms with Gasteiger partial charge < -0.3 is 14.6 Å². The van der Waals surface area contributed by atoms with Gasteiger partial charge in [-0.1, -0.05) is 11.6 Å². The molecule has 2 rings (SSSR count). The smallest absolute Gasteiger partial charge is 0.270 e. The summed E-state index contributed by atoms with van der Waals surface area (Å²) in [4.78, 5) is 14.3. The molecule has 106 valence electrons. The van der Waals surface area contributed by atoms with E-state index in [0.29, 0.717) is 29.7 Å². The van der Waals surface area contributed by atoms with Crippen LogP contribution in [0.1, 0.15) is 37.2 Å². The first kappa shape index (κ1) is 14.4. The number of rotatable bonds is 3. The number of aliphatic hydroxyl groups is 1. The Morgan fingerprint density at radius 1 is 1.53 bits per heavy atom. The van der Waals surface area contributed by atoms with Crippen molar-refractivity contribution in [3.05, 3.63) is 23.0 Å². The molecule has 0 aliphatic carbocycles. The van der Waals surface area contributed by atoms with Crippen LogP contribution < -0.4 is 0 Å². The second kappa shape index (κ2) is 5.97. The summed E-state index contributed by atoms with van der Waals surface area (Å²) in [6.07, 6.45) is 3.23. The molecule has 1 aliphatic heterocycles. The van der Waals surface area contributed by atoms with Crippen molar-refractivity contribution in [2.24, 2.45) is 5.92 Å². The van der Waals surface area contributed by atoms with Gasteiger partial charge in [0.15, 0.2) is 0 Å². The number of aliphatic hydroxyl groups excluding tert-OH is 1. The largest absolute Gasteiger partial charge is 0.393 e. The monoisotopic (exact) mass is 284 g/mol. The fourth-order valence-electron chi connectivity index (χ4n) is 2.66. The van der Waals surface area contributed by atoms with Crippen LogP contribution in [0.2, 0.25) is 5.02 Å². The predicted octanol–water partition coefficient (Wildman–Crippen LogP) is 2.39. The molecule has 5 heteroatoms. The third kappa shape index (κ3) is 3.12. The zero-order valence-corrected chi connectivity index (χ0v) is 12.2. The Morgan fingerprint density at radius 3 is 2.68 bits per heavy atom. The average molecular weight is 285 g/mol. The fraction of sp³-hybridized carbons (Fsp3) is 0.643. The zero-order valence-electron chi connectivity index (χ0n) is 11.5. The van der Waals surface area contributed by atoms with Gasteiger partial charge in [0.05, 0.1) is 11.1 Å². The number of hydrogen-bond donors (Lipinski definition) is 1. The predicted molar refractivity (Wildman–Crippen MR) is 75.4 cm³/mol. The molecule has 1 aromatic heterocycles. The summed E-state index contributed by atoms with van der Waals surface area (Å²) in [5, 5.41) is 10.2. The summed E-state index contributed by atoms with van der Waals surface area (Å²) < 4.78 is 1.88. The van der Waals surface area contributed by atoms with Crippen molar-refractivity contribution in [1.29, 1.82) is 0 Å². The summed E-state index contributed by atoms with van der Waals surface area (Å²) in [6.45, 7) is 5.97. The SMILES string of the molecule is CCn1cc(Cl)cc1C(=O)N1CCC(C(C)O)CC1. The van der Waals surface area contributed by atoms with Gasteiger partial charge in [0.25, 0.3) is 5.91 Å². The van der Waals surface area contributed by atoms with E-state index in [1.807, 2.05) is 23.3 Å². The molecule has 19 heavy (non-hydrogen) atoms. The van der Waals surface area contributed by atoms with Crippen LogP contribution in [0.25, 0.3) is 0 Å². The van der Waals surface area contributed by atoms with Crippen molar-refractivity contribution in [3.63, 3.8) is 0 Å². The van der Waals surface area contributed by atoms with E-state index in [9.17, 15) is 9.90 Å². The average Bonchev–Trinajstić information content (AvgIpc) is 2.79. The number of piperidine rings is 1. The summed E-state index contributed by atoms with van der Waals surface area (Å²) in [7, 11) is 0. The van der Waals surface area contributed by atoms with Crippen molar-refractivity contribution >= 4 is 17.5 Å². The maximum absolute atomic E-state index is 12.5.